The number of nitrogen functional groups attached to an aromatic ring is 1. The predicted molar refractivity (Wildman–Crippen MR) is 44.0 cm³/mol. The van der Waals surface area contributed by atoms with E-state index in [4.69, 9.17) is 11.1 Å². The summed E-state index contributed by atoms with van der Waals surface area (Å²) < 4.78 is 1.72. The lowest BCUT2D eigenvalue weighted by atomic mass is 10.4. The number of hydrogen-bond acceptors (Lipinski definition) is 3. The second-order valence-corrected chi connectivity index (χ2v) is 2.36. The lowest BCUT2D eigenvalue weighted by Gasteiger charge is -1.96. The number of imidazole rings is 1. The zero-order chi connectivity index (χ0) is 8.55. The second-order valence-electron chi connectivity index (χ2n) is 2.36. The number of aromatic nitrogens is 3. The Morgan fingerprint density at radius 1 is 1.50 bits per heavy atom. The smallest absolute Gasteiger partial charge is 0.155 e. The van der Waals surface area contributed by atoms with E-state index in [-0.39, 0.29) is 5.84 Å². The van der Waals surface area contributed by atoms with Gasteiger partial charge in [0, 0.05) is 12.4 Å². The Kier molecular flexibility index (Phi) is 1.30. The summed E-state index contributed by atoms with van der Waals surface area (Å²) in [7, 11) is 0. The quantitative estimate of drug-likeness (QED) is 0.456. The summed E-state index contributed by atoms with van der Waals surface area (Å²) >= 11 is 0. The molecule has 0 atom stereocenters. The van der Waals surface area contributed by atoms with E-state index in [0.717, 1.165) is 0 Å². The summed E-state index contributed by atoms with van der Waals surface area (Å²) in [6.45, 7) is 0. The summed E-state index contributed by atoms with van der Waals surface area (Å²) in [6.07, 6.45) is 6.52. The van der Waals surface area contributed by atoms with E-state index in [1.165, 1.54) is 0 Å². The van der Waals surface area contributed by atoms with Crippen LogP contribution in [-0.4, -0.2) is 20.2 Å². The van der Waals surface area contributed by atoms with Crippen molar-refractivity contribution >= 4 is 11.5 Å². The van der Waals surface area contributed by atoms with Gasteiger partial charge in [0.1, 0.15) is 11.5 Å². The van der Waals surface area contributed by atoms with Crippen LogP contribution in [0.1, 0.15) is 5.69 Å². The van der Waals surface area contributed by atoms with Gasteiger partial charge < -0.3 is 5.73 Å². The van der Waals surface area contributed by atoms with Gasteiger partial charge in [0.25, 0.3) is 0 Å². The van der Waals surface area contributed by atoms with Gasteiger partial charge in [0.15, 0.2) is 5.65 Å². The largest absolute Gasteiger partial charge is 0.382 e. The first-order valence-electron chi connectivity index (χ1n) is 3.40. The van der Waals surface area contributed by atoms with Crippen molar-refractivity contribution < 1.29 is 0 Å². The van der Waals surface area contributed by atoms with Gasteiger partial charge in [0.2, 0.25) is 0 Å². The molecule has 0 aromatic carbocycles. The van der Waals surface area contributed by atoms with Gasteiger partial charge in [0.05, 0.1) is 12.4 Å². The van der Waals surface area contributed by atoms with Crippen molar-refractivity contribution in [1.82, 2.24) is 14.4 Å². The Morgan fingerprint density at radius 2 is 2.33 bits per heavy atom. The number of amidine groups is 1. The fourth-order valence-electron chi connectivity index (χ4n) is 1.04. The van der Waals surface area contributed by atoms with Crippen molar-refractivity contribution in [2.24, 2.45) is 5.73 Å². The minimum atomic E-state index is 0.00806. The lowest BCUT2D eigenvalue weighted by molar-refractivity contribution is 1.11. The lowest BCUT2D eigenvalue weighted by Crippen LogP contribution is -2.13. The Morgan fingerprint density at radius 3 is 3.08 bits per heavy atom. The molecule has 60 valence electrons. The zero-order valence-electron chi connectivity index (χ0n) is 6.23. The fourth-order valence-corrected chi connectivity index (χ4v) is 1.04. The molecule has 2 aromatic heterocycles. The first-order chi connectivity index (χ1) is 5.79. The van der Waals surface area contributed by atoms with Crippen LogP contribution < -0.4 is 5.73 Å². The molecule has 0 spiro atoms. The van der Waals surface area contributed by atoms with Crippen molar-refractivity contribution in [3.05, 3.63) is 30.5 Å². The van der Waals surface area contributed by atoms with Crippen LogP contribution in [0.2, 0.25) is 0 Å². The third kappa shape index (κ3) is 0.833. The predicted octanol–water partition coefficient (Wildman–Crippen LogP) is 0.0134. The molecule has 0 radical (unpaired) electrons. The molecule has 2 heterocycles. The monoisotopic (exact) mass is 161 g/mol. The maximum absolute atomic E-state index is 7.23. The molecule has 0 aliphatic carbocycles. The number of nitrogens with two attached hydrogens (primary N) is 1. The van der Waals surface area contributed by atoms with Crippen LogP contribution in [0.15, 0.2) is 24.8 Å². The van der Waals surface area contributed by atoms with Crippen LogP contribution in [0.4, 0.5) is 0 Å². The molecule has 3 N–H and O–H groups in total. The molecular weight excluding hydrogens is 154 g/mol. The third-order valence-electron chi connectivity index (χ3n) is 1.59. The van der Waals surface area contributed by atoms with E-state index in [9.17, 15) is 0 Å². The maximum Gasteiger partial charge on any atom is 0.155 e. The van der Waals surface area contributed by atoms with E-state index < -0.39 is 0 Å². The Bertz CT molecular complexity index is 430. The van der Waals surface area contributed by atoms with Crippen LogP contribution in [0.5, 0.6) is 0 Å². The first-order valence-corrected chi connectivity index (χ1v) is 3.40. The Balaban J connectivity index is 2.79. The van der Waals surface area contributed by atoms with E-state index in [0.29, 0.717) is 11.3 Å². The van der Waals surface area contributed by atoms with Gasteiger partial charge in [-0.05, 0) is 0 Å². The SMILES string of the molecule is N=C(N)c1cnc2cnccn12. The van der Waals surface area contributed by atoms with E-state index in [1.54, 1.807) is 29.2 Å². The molecule has 12 heavy (non-hydrogen) atoms. The van der Waals surface area contributed by atoms with E-state index in [1.807, 2.05) is 0 Å². The molecule has 0 fully saturated rings. The molecule has 5 heteroatoms. The highest BCUT2D eigenvalue weighted by molar-refractivity contribution is 5.93. The molecule has 5 nitrogen and oxygen atoms in total. The topological polar surface area (TPSA) is 80.1 Å². The zero-order valence-corrected chi connectivity index (χ0v) is 6.23. The van der Waals surface area contributed by atoms with Crippen molar-refractivity contribution in [2.45, 2.75) is 0 Å². The minimum Gasteiger partial charge on any atom is -0.382 e. The third-order valence-corrected chi connectivity index (χ3v) is 1.59. The number of nitrogens with zero attached hydrogens (tertiary/aromatic N) is 3. The molecule has 0 unspecified atom stereocenters. The van der Waals surface area contributed by atoms with Gasteiger partial charge in [-0.15, -0.1) is 0 Å². The van der Waals surface area contributed by atoms with Gasteiger partial charge in [-0.3, -0.25) is 14.8 Å². The number of fused-ring (bicyclic) bond motifs is 1. The highest BCUT2D eigenvalue weighted by Gasteiger charge is 2.03. The summed E-state index contributed by atoms with van der Waals surface area (Å²) in [5.74, 6) is 0.00806. The molecule has 0 aliphatic rings. The summed E-state index contributed by atoms with van der Waals surface area (Å²) in [5, 5.41) is 7.23. The fraction of sp³-hybridized carbons (Fsp3) is 0. The van der Waals surface area contributed by atoms with Gasteiger partial charge in [-0.25, -0.2) is 4.98 Å². The molecular formula is C7H7N5. The highest BCUT2D eigenvalue weighted by atomic mass is 15.0. The molecule has 0 amide bonds. The van der Waals surface area contributed by atoms with Crippen molar-refractivity contribution in [3.63, 3.8) is 0 Å². The van der Waals surface area contributed by atoms with Crippen LogP contribution >= 0.6 is 0 Å². The van der Waals surface area contributed by atoms with Gasteiger partial charge in [-0.1, -0.05) is 0 Å². The van der Waals surface area contributed by atoms with Gasteiger partial charge >= 0.3 is 0 Å². The summed E-state index contributed by atoms with van der Waals surface area (Å²) in [4.78, 5) is 7.91. The van der Waals surface area contributed by atoms with Crippen LogP contribution in [0.3, 0.4) is 0 Å². The maximum atomic E-state index is 7.23. The number of nitrogens with one attached hydrogen (secondary N) is 1. The van der Waals surface area contributed by atoms with E-state index in [2.05, 4.69) is 9.97 Å². The minimum absolute atomic E-state index is 0.00806. The number of rotatable bonds is 1. The normalized spacial score (nSPS) is 10.3. The second kappa shape index (κ2) is 2.30. The summed E-state index contributed by atoms with van der Waals surface area (Å²) in [6, 6.07) is 0. The van der Waals surface area contributed by atoms with Gasteiger partial charge in [-0.2, -0.15) is 0 Å². The molecule has 0 aliphatic heterocycles. The average molecular weight is 161 g/mol. The van der Waals surface area contributed by atoms with Crippen molar-refractivity contribution in [3.8, 4) is 0 Å². The molecule has 2 aromatic rings. The number of hydrogen-bond donors (Lipinski definition) is 2. The molecule has 2 rings (SSSR count). The van der Waals surface area contributed by atoms with Crippen molar-refractivity contribution in [1.29, 1.82) is 5.41 Å². The molecule has 0 bridgehead atoms. The van der Waals surface area contributed by atoms with Crippen molar-refractivity contribution in [2.75, 3.05) is 0 Å². The molecule has 0 saturated heterocycles. The Hall–Kier alpha value is -1.91. The standard InChI is InChI=1S/C7H7N5/c8-7(9)5-3-11-6-4-10-1-2-12(5)6/h1-4H,(H3,8,9). The Labute approximate surface area is 68.4 Å². The highest BCUT2D eigenvalue weighted by Crippen LogP contribution is 2.02. The molecule has 0 saturated carbocycles. The van der Waals surface area contributed by atoms with Crippen LogP contribution in [-0.2, 0) is 0 Å². The first kappa shape index (κ1) is 6.78. The summed E-state index contributed by atoms with van der Waals surface area (Å²) in [5.41, 5.74) is 6.61. The van der Waals surface area contributed by atoms with Crippen LogP contribution in [0, 0.1) is 5.41 Å². The van der Waals surface area contributed by atoms with E-state index >= 15 is 0 Å². The average Bonchev–Trinajstić information content (AvgIpc) is 2.47. The van der Waals surface area contributed by atoms with Crippen LogP contribution in [0.25, 0.3) is 5.65 Å².